The summed E-state index contributed by atoms with van der Waals surface area (Å²) in [6.07, 6.45) is 5.05. The number of pyridine rings is 1. The molecule has 0 spiro atoms. The van der Waals surface area contributed by atoms with Gasteiger partial charge in [-0.25, -0.2) is 0 Å². The molecule has 1 aromatic carbocycles. The summed E-state index contributed by atoms with van der Waals surface area (Å²) in [7, 11) is 4.53. The summed E-state index contributed by atoms with van der Waals surface area (Å²) in [5, 5.41) is 0. The average molecular weight is 378 g/mol. The SMILES string of the molecule is COc1cc(C(=O)/C(Br)=C/c2cccnc2)cc(OC)c1OC. The molecule has 2 aromatic rings. The molecular weight excluding hydrogens is 362 g/mol. The summed E-state index contributed by atoms with van der Waals surface area (Å²) in [5.74, 6) is 1.10. The average Bonchev–Trinajstić information content (AvgIpc) is 2.60. The molecule has 0 atom stereocenters. The summed E-state index contributed by atoms with van der Waals surface area (Å²) in [4.78, 5) is 16.6. The third-order valence-electron chi connectivity index (χ3n) is 3.12. The molecule has 0 radical (unpaired) electrons. The van der Waals surface area contributed by atoms with Crippen molar-refractivity contribution in [1.82, 2.24) is 4.98 Å². The van der Waals surface area contributed by atoms with Crippen LogP contribution < -0.4 is 14.2 Å². The molecule has 23 heavy (non-hydrogen) atoms. The highest BCUT2D eigenvalue weighted by Crippen LogP contribution is 2.39. The molecule has 120 valence electrons. The Hall–Kier alpha value is -2.34. The van der Waals surface area contributed by atoms with Gasteiger partial charge in [-0.3, -0.25) is 9.78 Å². The fourth-order valence-electron chi connectivity index (χ4n) is 2.02. The minimum absolute atomic E-state index is 0.201. The Morgan fingerprint density at radius 3 is 2.26 bits per heavy atom. The van der Waals surface area contributed by atoms with Gasteiger partial charge in [0.15, 0.2) is 17.3 Å². The van der Waals surface area contributed by atoms with Gasteiger partial charge < -0.3 is 14.2 Å². The van der Waals surface area contributed by atoms with Crippen LogP contribution in [-0.2, 0) is 0 Å². The number of rotatable bonds is 6. The van der Waals surface area contributed by atoms with Crippen LogP contribution in [0.1, 0.15) is 15.9 Å². The van der Waals surface area contributed by atoms with Crippen molar-refractivity contribution < 1.29 is 19.0 Å². The highest BCUT2D eigenvalue weighted by Gasteiger charge is 2.18. The maximum Gasteiger partial charge on any atom is 0.203 e. The van der Waals surface area contributed by atoms with E-state index >= 15 is 0 Å². The second-order valence-corrected chi connectivity index (χ2v) is 5.38. The zero-order valence-corrected chi connectivity index (χ0v) is 14.6. The van der Waals surface area contributed by atoms with E-state index < -0.39 is 0 Å². The van der Waals surface area contributed by atoms with E-state index in [0.29, 0.717) is 27.3 Å². The molecule has 0 aliphatic heterocycles. The van der Waals surface area contributed by atoms with Crippen molar-refractivity contribution in [3.8, 4) is 17.2 Å². The number of ketones is 1. The number of nitrogens with zero attached hydrogens (tertiary/aromatic N) is 1. The molecule has 0 N–H and O–H groups in total. The van der Waals surface area contributed by atoms with E-state index in [1.165, 1.54) is 21.3 Å². The number of hydrogen-bond donors (Lipinski definition) is 0. The lowest BCUT2D eigenvalue weighted by Crippen LogP contribution is -2.02. The number of carbonyl (C=O) groups is 1. The predicted octanol–water partition coefficient (Wildman–Crippen LogP) is 3.73. The van der Waals surface area contributed by atoms with Crippen LogP contribution in [0.2, 0.25) is 0 Å². The first-order chi connectivity index (χ1) is 11.1. The molecule has 0 unspecified atom stereocenters. The number of carbonyl (C=O) groups excluding carboxylic acids is 1. The van der Waals surface area contributed by atoms with Crippen LogP contribution in [0, 0.1) is 0 Å². The van der Waals surface area contributed by atoms with Crippen LogP contribution in [-0.4, -0.2) is 32.1 Å². The van der Waals surface area contributed by atoms with E-state index in [-0.39, 0.29) is 5.78 Å². The molecule has 0 bridgehead atoms. The molecule has 2 rings (SSSR count). The Balaban J connectivity index is 2.41. The highest BCUT2D eigenvalue weighted by atomic mass is 79.9. The zero-order valence-electron chi connectivity index (χ0n) is 13.0. The van der Waals surface area contributed by atoms with Crippen molar-refractivity contribution in [3.05, 3.63) is 52.3 Å². The quantitative estimate of drug-likeness (QED) is 0.566. The van der Waals surface area contributed by atoms with Gasteiger partial charge in [-0.2, -0.15) is 0 Å². The molecule has 0 aliphatic rings. The fourth-order valence-corrected chi connectivity index (χ4v) is 2.52. The molecule has 0 amide bonds. The minimum atomic E-state index is -0.201. The Kier molecular flexibility index (Phi) is 5.76. The minimum Gasteiger partial charge on any atom is -0.493 e. The molecule has 1 aromatic heterocycles. The van der Waals surface area contributed by atoms with Crippen LogP contribution in [0.25, 0.3) is 6.08 Å². The molecule has 0 saturated carbocycles. The lowest BCUT2D eigenvalue weighted by atomic mass is 10.1. The van der Waals surface area contributed by atoms with E-state index in [9.17, 15) is 4.79 Å². The molecule has 1 heterocycles. The number of hydrogen-bond acceptors (Lipinski definition) is 5. The van der Waals surface area contributed by atoms with Crippen molar-refractivity contribution in [3.63, 3.8) is 0 Å². The largest absolute Gasteiger partial charge is 0.493 e. The van der Waals surface area contributed by atoms with Gasteiger partial charge in [-0.1, -0.05) is 6.07 Å². The maximum atomic E-state index is 12.6. The predicted molar refractivity (Wildman–Crippen MR) is 91.6 cm³/mol. The lowest BCUT2D eigenvalue weighted by Gasteiger charge is -2.13. The van der Waals surface area contributed by atoms with Crippen molar-refractivity contribution in [2.24, 2.45) is 0 Å². The monoisotopic (exact) mass is 377 g/mol. The van der Waals surface area contributed by atoms with Crippen molar-refractivity contribution >= 4 is 27.8 Å². The number of ether oxygens (including phenoxy) is 3. The Morgan fingerprint density at radius 2 is 1.78 bits per heavy atom. The van der Waals surface area contributed by atoms with E-state index in [1.807, 2.05) is 6.07 Å². The van der Waals surface area contributed by atoms with Crippen molar-refractivity contribution in [1.29, 1.82) is 0 Å². The second-order valence-electron chi connectivity index (χ2n) is 4.52. The molecule has 5 nitrogen and oxygen atoms in total. The molecule has 6 heteroatoms. The third-order valence-corrected chi connectivity index (χ3v) is 3.71. The number of aromatic nitrogens is 1. The fraction of sp³-hybridized carbons (Fsp3) is 0.176. The van der Waals surface area contributed by atoms with Crippen LogP contribution in [0.3, 0.4) is 0 Å². The molecule has 0 aliphatic carbocycles. The van der Waals surface area contributed by atoms with Crippen LogP contribution >= 0.6 is 15.9 Å². The van der Waals surface area contributed by atoms with Crippen molar-refractivity contribution in [2.75, 3.05) is 21.3 Å². The van der Waals surface area contributed by atoms with Gasteiger partial charge in [0, 0.05) is 18.0 Å². The molecular formula is C17H16BrNO4. The summed E-state index contributed by atoms with van der Waals surface area (Å²) in [5.41, 5.74) is 1.24. The summed E-state index contributed by atoms with van der Waals surface area (Å²) >= 11 is 3.32. The van der Waals surface area contributed by atoms with Gasteiger partial charge in [-0.05, 0) is 45.8 Å². The Bertz CT molecular complexity index is 704. The second kappa shape index (κ2) is 7.78. The molecule has 0 fully saturated rings. The zero-order chi connectivity index (χ0) is 16.8. The van der Waals surface area contributed by atoms with Gasteiger partial charge in [0.05, 0.1) is 25.8 Å². The van der Waals surface area contributed by atoms with Crippen LogP contribution in [0.4, 0.5) is 0 Å². The normalized spacial score (nSPS) is 11.0. The van der Waals surface area contributed by atoms with E-state index in [0.717, 1.165) is 5.56 Å². The lowest BCUT2D eigenvalue weighted by molar-refractivity contribution is 0.104. The number of methoxy groups -OCH3 is 3. The van der Waals surface area contributed by atoms with Gasteiger partial charge in [-0.15, -0.1) is 0 Å². The number of benzene rings is 1. The van der Waals surface area contributed by atoms with Crippen LogP contribution in [0.15, 0.2) is 41.1 Å². The molecule has 0 saturated heterocycles. The first-order valence-electron chi connectivity index (χ1n) is 6.72. The van der Waals surface area contributed by atoms with E-state index in [4.69, 9.17) is 14.2 Å². The Labute approximate surface area is 143 Å². The van der Waals surface area contributed by atoms with Gasteiger partial charge in [0.2, 0.25) is 5.75 Å². The van der Waals surface area contributed by atoms with Gasteiger partial charge in [0.25, 0.3) is 0 Å². The van der Waals surface area contributed by atoms with Gasteiger partial charge in [0.1, 0.15) is 0 Å². The van der Waals surface area contributed by atoms with E-state index in [2.05, 4.69) is 20.9 Å². The van der Waals surface area contributed by atoms with Gasteiger partial charge >= 0.3 is 0 Å². The topological polar surface area (TPSA) is 57.7 Å². The number of halogens is 1. The Morgan fingerprint density at radius 1 is 1.13 bits per heavy atom. The van der Waals surface area contributed by atoms with Crippen molar-refractivity contribution in [2.45, 2.75) is 0 Å². The first kappa shape index (κ1) is 17.0. The third kappa shape index (κ3) is 3.90. The number of allylic oxidation sites excluding steroid dienone is 1. The smallest absolute Gasteiger partial charge is 0.203 e. The summed E-state index contributed by atoms with van der Waals surface area (Å²) < 4.78 is 16.2. The van der Waals surface area contributed by atoms with E-state index in [1.54, 1.807) is 36.7 Å². The van der Waals surface area contributed by atoms with Crippen LogP contribution in [0.5, 0.6) is 17.2 Å². The maximum absolute atomic E-state index is 12.6. The number of Topliss-reactive ketones (excluding diaryl/α,β-unsaturated/α-hetero) is 1. The highest BCUT2D eigenvalue weighted by molar-refractivity contribution is 9.12. The first-order valence-corrected chi connectivity index (χ1v) is 7.52. The summed E-state index contributed by atoms with van der Waals surface area (Å²) in [6.45, 7) is 0. The standard InChI is InChI=1S/C17H16BrNO4/c1-21-14-8-12(9-15(22-2)17(14)23-3)16(20)13(18)7-11-5-4-6-19-10-11/h4-10H,1-3H3/b13-7-. The summed E-state index contributed by atoms with van der Waals surface area (Å²) in [6, 6.07) is 6.89.